The van der Waals surface area contributed by atoms with Crippen molar-refractivity contribution in [3.8, 4) is 0 Å². The van der Waals surface area contributed by atoms with Crippen molar-refractivity contribution in [3.63, 3.8) is 0 Å². The van der Waals surface area contributed by atoms with Crippen LogP contribution in [0.1, 0.15) is 18.1 Å². The third-order valence-corrected chi connectivity index (χ3v) is 5.31. The lowest BCUT2D eigenvalue weighted by atomic mass is 10.00. The Labute approximate surface area is 126 Å². The Morgan fingerprint density at radius 3 is 2.95 bits per heavy atom. The van der Waals surface area contributed by atoms with E-state index in [1.54, 1.807) is 5.51 Å². The number of carbonyl (C=O) groups is 1. The molecule has 1 aliphatic rings. The Bertz CT molecular complexity index is 600. The topological polar surface area (TPSA) is 46.1 Å². The van der Waals surface area contributed by atoms with Crippen molar-refractivity contribution in [2.75, 3.05) is 6.54 Å². The van der Waals surface area contributed by atoms with Gasteiger partial charge in [-0.1, -0.05) is 47.4 Å². The van der Waals surface area contributed by atoms with Gasteiger partial charge in [0.25, 0.3) is 0 Å². The zero-order valence-electron chi connectivity index (χ0n) is 11.2. The number of fused-ring (bicyclic) bond motifs is 1. The molecule has 0 saturated carbocycles. The summed E-state index contributed by atoms with van der Waals surface area (Å²) in [7, 11) is 0. The highest BCUT2D eigenvalue weighted by molar-refractivity contribution is 8.02. The molecule has 104 valence electrons. The third-order valence-electron chi connectivity index (χ3n) is 3.41. The van der Waals surface area contributed by atoms with Crippen molar-refractivity contribution < 1.29 is 4.79 Å². The number of thioether (sulfide) groups is 1. The van der Waals surface area contributed by atoms with Crippen molar-refractivity contribution in [2.45, 2.75) is 29.5 Å². The van der Waals surface area contributed by atoms with E-state index in [9.17, 15) is 4.79 Å². The number of aromatic nitrogens is 2. The quantitative estimate of drug-likeness (QED) is 0.818. The third kappa shape index (κ3) is 2.86. The molecule has 0 N–H and O–H groups in total. The van der Waals surface area contributed by atoms with Gasteiger partial charge in [-0.25, -0.2) is 0 Å². The van der Waals surface area contributed by atoms with E-state index >= 15 is 0 Å². The van der Waals surface area contributed by atoms with E-state index in [1.165, 1.54) is 34.2 Å². The fourth-order valence-electron chi connectivity index (χ4n) is 2.36. The van der Waals surface area contributed by atoms with E-state index in [-0.39, 0.29) is 11.2 Å². The molecule has 4 nitrogen and oxygen atoms in total. The average Bonchev–Trinajstić information content (AvgIpc) is 2.99. The van der Waals surface area contributed by atoms with Crippen molar-refractivity contribution in [1.82, 2.24) is 15.1 Å². The van der Waals surface area contributed by atoms with Crippen LogP contribution in [-0.2, 0) is 17.8 Å². The van der Waals surface area contributed by atoms with Gasteiger partial charge in [-0.3, -0.25) is 4.79 Å². The van der Waals surface area contributed by atoms with Gasteiger partial charge in [0.15, 0.2) is 4.34 Å². The van der Waals surface area contributed by atoms with Gasteiger partial charge in [0.2, 0.25) is 5.91 Å². The van der Waals surface area contributed by atoms with Crippen LogP contribution in [0.2, 0.25) is 0 Å². The predicted octanol–water partition coefficient (Wildman–Crippen LogP) is 2.60. The molecule has 0 aliphatic carbocycles. The molecule has 6 heteroatoms. The van der Waals surface area contributed by atoms with Crippen LogP contribution in [0.4, 0.5) is 0 Å². The summed E-state index contributed by atoms with van der Waals surface area (Å²) in [6, 6.07) is 8.35. The smallest absolute Gasteiger partial charge is 0.236 e. The minimum Gasteiger partial charge on any atom is -0.337 e. The molecular weight excluding hydrogens is 290 g/mol. The lowest BCUT2D eigenvalue weighted by Crippen LogP contribution is -2.40. The summed E-state index contributed by atoms with van der Waals surface area (Å²) in [6.45, 7) is 3.46. The molecule has 3 rings (SSSR count). The maximum absolute atomic E-state index is 12.5. The fraction of sp³-hybridized carbons (Fsp3) is 0.357. The Hall–Kier alpha value is -1.40. The molecule has 1 aromatic carbocycles. The van der Waals surface area contributed by atoms with Gasteiger partial charge in [0.1, 0.15) is 5.51 Å². The molecule has 0 unspecified atom stereocenters. The molecule has 2 heterocycles. The second-order valence-corrected chi connectivity index (χ2v) is 7.16. The van der Waals surface area contributed by atoms with Crippen LogP contribution in [0.15, 0.2) is 34.1 Å². The summed E-state index contributed by atoms with van der Waals surface area (Å²) in [5.74, 6) is 0.180. The van der Waals surface area contributed by atoms with Gasteiger partial charge in [-0.2, -0.15) is 0 Å². The number of carbonyl (C=O) groups excluding carboxylic acids is 1. The highest BCUT2D eigenvalue weighted by atomic mass is 32.2. The summed E-state index contributed by atoms with van der Waals surface area (Å²) in [6.07, 6.45) is 0.943. The standard InChI is InChI=1S/C14H15N3OS2/c1-10(20-14-16-15-9-19-14)13(18)17-7-6-11-4-2-3-5-12(11)8-17/h2-5,9-10H,6-8H2,1H3/t10-/m0/s1. The predicted molar refractivity (Wildman–Crippen MR) is 80.8 cm³/mol. The van der Waals surface area contributed by atoms with E-state index in [2.05, 4.69) is 28.4 Å². The normalized spacial score (nSPS) is 15.8. The highest BCUT2D eigenvalue weighted by Gasteiger charge is 2.25. The summed E-state index contributed by atoms with van der Waals surface area (Å²) < 4.78 is 0.850. The number of benzene rings is 1. The molecular formula is C14H15N3OS2. The van der Waals surface area contributed by atoms with E-state index in [0.717, 1.165) is 23.8 Å². The lowest BCUT2D eigenvalue weighted by Gasteiger charge is -2.30. The zero-order valence-corrected chi connectivity index (χ0v) is 12.8. The van der Waals surface area contributed by atoms with E-state index in [0.29, 0.717) is 0 Å². The number of amides is 1. The Morgan fingerprint density at radius 2 is 2.20 bits per heavy atom. The van der Waals surface area contributed by atoms with Crippen molar-refractivity contribution in [2.24, 2.45) is 0 Å². The molecule has 1 aliphatic heterocycles. The van der Waals surface area contributed by atoms with Gasteiger partial charge < -0.3 is 4.90 Å². The summed E-state index contributed by atoms with van der Waals surface area (Å²) in [5, 5.41) is 7.66. The van der Waals surface area contributed by atoms with Crippen molar-refractivity contribution >= 4 is 29.0 Å². The Morgan fingerprint density at radius 1 is 1.40 bits per heavy atom. The number of rotatable bonds is 3. The fourth-order valence-corrected chi connectivity index (χ4v) is 4.07. The van der Waals surface area contributed by atoms with Crippen LogP contribution >= 0.6 is 23.1 Å². The van der Waals surface area contributed by atoms with Crippen LogP contribution in [0, 0.1) is 0 Å². The summed E-state index contributed by atoms with van der Waals surface area (Å²) in [5.41, 5.74) is 4.32. The van der Waals surface area contributed by atoms with Crippen LogP contribution in [-0.4, -0.2) is 32.8 Å². The summed E-state index contributed by atoms with van der Waals surface area (Å²) >= 11 is 2.96. The van der Waals surface area contributed by atoms with Crippen LogP contribution in [0.5, 0.6) is 0 Å². The number of hydrogen-bond donors (Lipinski definition) is 0. The highest BCUT2D eigenvalue weighted by Crippen LogP contribution is 2.27. The zero-order chi connectivity index (χ0) is 13.9. The maximum atomic E-state index is 12.5. The molecule has 1 amide bonds. The second-order valence-electron chi connectivity index (χ2n) is 4.74. The Balaban J connectivity index is 1.66. The molecule has 0 radical (unpaired) electrons. The van der Waals surface area contributed by atoms with Crippen molar-refractivity contribution in [1.29, 1.82) is 0 Å². The number of hydrogen-bond acceptors (Lipinski definition) is 5. The molecule has 0 saturated heterocycles. The van der Waals surface area contributed by atoms with Gasteiger partial charge in [-0.15, -0.1) is 10.2 Å². The maximum Gasteiger partial charge on any atom is 0.236 e. The Kier molecular flexibility index (Phi) is 4.03. The van der Waals surface area contributed by atoms with E-state index in [1.807, 2.05) is 17.9 Å². The van der Waals surface area contributed by atoms with E-state index < -0.39 is 0 Å². The first-order valence-electron chi connectivity index (χ1n) is 6.52. The molecule has 1 atom stereocenters. The van der Waals surface area contributed by atoms with Crippen LogP contribution < -0.4 is 0 Å². The van der Waals surface area contributed by atoms with Gasteiger partial charge >= 0.3 is 0 Å². The SMILES string of the molecule is C[C@H](Sc1nncs1)C(=O)N1CCc2ccccc2C1. The van der Waals surface area contributed by atoms with Crippen molar-refractivity contribution in [3.05, 3.63) is 40.9 Å². The van der Waals surface area contributed by atoms with E-state index in [4.69, 9.17) is 0 Å². The van der Waals surface area contributed by atoms with Gasteiger partial charge in [-0.05, 0) is 24.5 Å². The summed E-state index contributed by atoms with van der Waals surface area (Å²) in [4.78, 5) is 14.4. The number of nitrogens with zero attached hydrogens (tertiary/aromatic N) is 3. The molecule has 20 heavy (non-hydrogen) atoms. The average molecular weight is 305 g/mol. The van der Waals surface area contributed by atoms with Gasteiger partial charge in [0, 0.05) is 13.1 Å². The first-order valence-corrected chi connectivity index (χ1v) is 8.28. The molecule has 2 aromatic rings. The minimum absolute atomic E-state index is 0.117. The van der Waals surface area contributed by atoms with Crippen LogP contribution in [0.25, 0.3) is 0 Å². The molecule has 0 spiro atoms. The van der Waals surface area contributed by atoms with Crippen LogP contribution in [0.3, 0.4) is 0 Å². The first-order chi connectivity index (χ1) is 9.74. The monoisotopic (exact) mass is 305 g/mol. The largest absolute Gasteiger partial charge is 0.337 e. The molecule has 1 aromatic heterocycles. The lowest BCUT2D eigenvalue weighted by molar-refractivity contribution is -0.131. The van der Waals surface area contributed by atoms with Gasteiger partial charge in [0.05, 0.1) is 5.25 Å². The molecule has 0 fully saturated rings. The first kappa shape index (κ1) is 13.6. The minimum atomic E-state index is -0.117. The second kappa shape index (κ2) is 5.93. The molecule has 0 bridgehead atoms.